The van der Waals surface area contributed by atoms with Gasteiger partial charge in [-0.3, -0.25) is 4.79 Å². The highest BCUT2D eigenvalue weighted by Crippen LogP contribution is 2.29. The van der Waals surface area contributed by atoms with Gasteiger partial charge < -0.3 is 5.32 Å². The molecule has 1 rings (SSSR count). The Morgan fingerprint density at radius 2 is 1.94 bits per heavy atom. The largest absolute Gasteiger partial charge is 0.352 e. The Morgan fingerprint density at radius 1 is 1.31 bits per heavy atom. The number of rotatable bonds is 3. The lowest BCUT2D eigenvalue weighted by molar-refractivity contribution is -0.122. The van der Waals surface area contributed by atoms with E-state index in [-0.39, 0.29) is 10.7 Å². The molecule has 0 aromatic heterocycles. The standard InChI is InChI=1S/C13H24BrNO/c1-8(2)12(14)13(16)15-11-6-5-9(3)7-10(11)4/h8-12H,5-7H2,1-4H3,(H,15,16). The molecule has 0 saturated heterocycles. The van der Waals surface area contributed by atoms with Crippen molar-refractivity contribution in [1.29, 1.82) is 0 Å². The number of nitrogens with one attached hydrogen (secondary N) is 1. The molecule has 1 saturated carbocycles. The van der Waals surface area contributed by atoms with Crippen molar-refractivity contribution >= 4 is 21.8 Å². The van der Waals surface area contributed by atoms with Crippen molar-refractivity contribution in [2.45, 2.75) is 57.8 Å². The summed E-state index contributed by atoms with van der Waals surface area (Å²) in [6, 6.07) is 0.377. The van der Waals surface area contributed by atoms with Crippen LogP contribution in [0.3, 0.4) is 0 Å². The third kappa shape index (κ3) is 3.76. The highest BCUT2D eigenvalue weighted by atomic mass is 79.9. The molecule has 0 aromatic carbocycles. The summed E-state index contributed by atoms with van der Waals surface area (Å²) in [5, 5.41) is 3.18. The van der Waals surface area contributed by atoms with Crippen molar-refractivity contribution in [3.63, 3.8) is 0 Å². The summed E-state index contributed by atoms with van der Waals surface area (Å²) in [6.07, 6.45) is 3.61. The van der Waals surface area contributed by atoms with Crippen LogP contribution in [0.4, 0.5) is 0 Å². The van der Waals surface area contributed by atoms with Gasteiger partial charge in [0.15, 0.2) is 0 Å². The zero-order valence-electron chi connectivity index (χ0n) is 10.8. The monoisotopic (exact) mass is 289 g/mol. The van der Waals surface area contributed by atoms with Gasteiger partial charge in [0.2, 0.25) is 5.91 Å². The lowest BCUT2D eigenvalue weighted by Gasteiger charge is -2.33. The molecular formula is C13H24BrNO. The van der Waals surface area contributed by atoms with Gasteiger partial charge in [0, 0.05) is 6.04 Å². The molecule has 16 heavy (non-hydrogen) atoms. The summed E-state index contributed by atoms with van der Waals surface area (Å²) in [4.78, 5) is 11.9. The second-order valence-corrected chi connectivity index (χ2v) is 6.64. The van der Waals surface area contributed by atoms with E-state index < -0.39 is 0 Å². The van der Waals surface area contributed by atoms with E-state index in [1.807, 2.05) is 0 Å². The van der Waals surface area contributed by atoms with Gasteiger partial charge in [-0.25, -0.2) is 0 Å². The second-order valence-electron chi connectivity index (χ2n) is 5.66. The van der Waals surface area contributed by atoms with Gasteiger partial charge in [0.05, 0.1) is 4.83 Å². The highest BCUT2D eigenvalue weighted by molar-refractivity contribution is 9.10. The quantitative estimate of drug-likeness (QED) is 0.794. The predicted octanol–water partition coefficient (Wildman–Crippen LogP) is 3.35. The lowest BCUT2D eigenvalue weighted by Crippen LogP contribution is -2.46. The maximum absolute atomic E-state index is 11.9. The lowest BCUT2D eigenvalue weighted by atomic mass is 9.80. The van der Waals surface area contributed by atoms with E-state index in [2.05, 4.69) is 48.9 Å². The Hall–Kier alpha value is -0.0500. The molecule has 1 fully saturated rings. The molecule has 0 heterocycles. The smallest absolute Gasteiger partial charge is 0.234 e. The van der Waals surface area contributed by atoms with Crippen LogP contribution in [0.1, 0.15) is 47.0 Å². The van der Waals surface area contributed by atoms with E-state index >= 15 is 0 Å². The molecule has 4 unspecified atom stereocenters. The van der Waals surface area contributed by atoms with Crippen LogP contribution < -0.4 is 5.32 Å². The molecule has 0 radical (unpaired) electrons. The molecule has 4 atom stereocenters. The van der Waals surface area contributed by atoms with Crippen LogP contribution in [0.2, 0.25) is 0 Å². The van der Waals surface area contributed by atoms with Gasteiger partial charge in [-0.15, -0.1) is 0 Å². The van der Waals surface area contributed by atoms with E-state index in [0.29, 0.717) is 17.9 Å². The van der Waals surface area contributed by atoms with Gasteiger partial charge >= 0.3 is 0 Å². The molecule has 0 aromatic rings. The third-order valence-electron chi connectivity index (χ3n) is 3.59. The number of carbonyl (C=O) groups is 1. The molecule has 1 N–H and O–H groups in total. The van der Waals surface area contributed by atoms with Crippen molar-refractivity contribution in [1.82, 2.24) is 5.32 Å². The van der Waals surface area contributed by atoms with E-state index in [1.165, 1.54) is 12.8 Å². The van der Waals surface area contributed by atoms with E-state index in [1.54, 1.807) is 0 Å². The summed E-state index contributed by atoms with van der Waals surface area (Å²) >= 11 is 3.45. The minimum Gasteiger partial charge on any atom is -0.352 e. The summed E-state index contributed by atoms with van der Waals surface area (Å²) in [7, 11) is 0. The van der Waals surface area contributed by atoms with Crippen LogP contribution in [-0.4, -0.2) is 16.8 Å². The van der Waals surface area contributed by atoms with Crippen LogP contribution in [-0.2, 0) is 4.79 Å². The Bertz CT molecular complexity index is 242. The Labute approximate surface area is 108 Å². The van der Waals surface area contributed by atoms with E-state index in [0.717, 1.165) is 12.3 Å². The van der Waals surface area contributed by atoms with Gasteiger partial charge in [-0.2, -0.15) is 0 Å². The minimum absolute atomic E-state index is 0.0564. The Balaban J connectivity index is 2.45. The van der Waals surface area contributed by atoms with Crippen LogP contribution in [0.5, 0.6) is 0 Å². The SMILES string of the molecule is CC1CCC(NC(=O)C(Br)C(C)C)C(C)C1. The maximum Gasteiger partial charge on any atom is 0.234 e. The summed E-state index contributed by atoms with van der Waals surface area (Å²) in [5.41, 5.74) is 0. The first-order valence-electron chi connectivity index (χ1n) is 6.36. The zero-order valence-corrected chi connectivity index (χ0v) is 12.4. The molecule has 1 amide bonds. The van der Waals surface area contributed by atoms with Crippen molar-refractivity contribution < 1.29 is 4.79 Å². The molecule has 2 nitrogen and oxygen atoms in total. The van der Waals surface area contributed by atoms with Crippen molar-refractivity contribution in [3.8, 4) is 0 Å². The van der Waals surface area contributed by atoms with Crippen LogP contribution in [0.25, 0.3) is 0 Å². The summed E-state index contributed by atoms with van der Waals surface area (Å²) in [5.74, 6) is 1.92. The predicted molar refractivity (Wildman–Crippen MR) is 71.7 cm³/mol. The van der Waals surface area contributed by atoms with Gasteiger partial charge in [0.25, 0.3) is 0 Å². The van der Waals surface area contributed by atoms with Crippen LogP contribution in [0.15, 0.2) is 0 Å². The highest BCUT2D eigenvalue weighted by Gasteiger charge is 2.28. The number of alkyl halides is 1. The van der Waals surface area contributed by atoms with Gasteiger partial charge in [0.1, 0.15) is 0 Å². The summed E-state index contributed by atoms with van der Waals surface area (Å²) in [6.45, 7) is 8.67. The van der Waals surface area contributed by atoms with Crippen LogP contribution >= 0.6 is 15.9 Å². The van der Waals surface area contributed by atoms with E-state index in [9.17, 15) is 4.79 Å². The van der Waals surface area contributed by atoms with E-state index in [4.69, 9.17) is 0 Å². The second kappa shape index (κ2) is 6.04. The number of carbonyl (C=O) groups excluding carboxylic acids is 1. The molecule has 94 valence electrons. The molecule has 1 aliphatic rings. The van der Waals surface area contributed by atoms with Crippen LogP contribution in [0, 0.1) is 17.8 Å². The molecule has 1 aliphatic carbocycles. The third-order valence-corrected chi connectivity index (χ3v) is 5.07. The molecule has 0 aliphatic heterocycles. The normalized spacial score (nSPS) is 32.5. The number of hydrogen-bond donors (Lipinski definition) is 1. The fraction of sp³-hybridized carbons (Fsp3) is 0.923. The number of amides is 1. The number of halogens is 1. The fourth-order valence-corrected chi connectivity index (χ4v) is 2.58. The fourth-order valence-electron chi connectivity index (χ4n) is 2.44. The zero-order chi connectivity index (χ0) is 12.3. The Kier molecular flexibility index (Phi) is 5.29. The maximum atomic E-state index is 11.9. The first-order valence-corrected chi connectivity index (χ1v) is 7.27. The van der Waals surface area contributed by atoms with Crippen molar-refractivity contribution in [3.05, 3.63) is 0 Å². The van der Waals surface area contributed by atoms with Gasteiger partial charge in [-0.1, -0.05) is 43.6 Å². The average Bonchev–Trinajstić information content (AvgIpc) is 2.20. The van der Waals surface area contributed by atoms with Gasteiger partial charge in [-0.05, 0) is 37.0 Å². The summed E-state index contributed by atoms with van der Waals surface area (Å²) < 4.78 is 0. The molecule has 0 spiro atoms. The minimum atomic E-state index is -0.0564. The molecule has 3 heteroatoms. The average molecular weight is 290 g/mol. The Morgan fingerprint density at radius 3 is 2.44 bits per heavy atom. The molecular weight excluding hydrogens is 266 g/mol. The first kappa shape index (κ1) is 14.0. The first-order chi connectivity index (χ1) is 7.41. The van der Waals surface area contributed by atoms with Crippen molar-refractivity contribution in [2.75, 3.05) is 0 Å². The van der Waals surface area contributed by atoms with Crippen molar-refractivity contribution in [2.24, 2.45) is 17.8 Å². The topological polar surface area (TPSA) is 29.1 Å². The number of hydrogen-bond acceptors (Lipinski definition) is 1. The molecule has 0 bridgehead atoms.